The van der Waals surface area contributed by atoms with Crippen LogP contribution >= 0.6 is 0 Å². The van der Waals surface area contributed by atoms with E-state index in [0.717, 1.165) is 39.0 Å². The number of amides is 1. The van der Waals surface area contributed by atoms with E-state index in [1.165, 1.54) is 25.9 Å². The van der Waals surface area contributed by atoms with Gasteiger partial charge in [-0.25, -0.2) is 0 Å². The van der Waals surface area contributed by atoms with Crippen LogP contribution in [-0.4, -0.2) is 50.1 Å². The van der Waals surface area contributed by atoms with Gasteiger partial charge in [0.2, 0.25) is 5.91 Å². The lowest BCUT2D eigenvalue weighted by molar-refractivity contribution is -0.139. The molecule has 4 heteroatoms. The average Bonchev–Trinajstić information content (AvgIpc) is 2.37. The van der Waals surface area contributed by atoms with Gasteiger partial charge in [0, 0.05) is 32.1 Å². The van der Waals surface area contributed by atoms with Crippen LogP contribution in [0.1, 0.15) is 25.7 Å². The molecule has 0 aromatic carbocycles. The van der Waals surface area contributed by atoms with E-state index in [4.69, 9.17) is 0 Å². The van der Waals surface area contributed by atoms with Crippen LogP contribution in [0.25, 0.3) is 0 Å². The Morgan fingerprint density at radius 3 is 2.24 bits per heavy atom. The summed E-state index contributed by atoms with van der Waals surface area (Å²) in [4.78, 5) is 14.5. The van der Waals surface area contributed by atoms with Gasteiger partial charge in [-0.1, -0.05) is 0 Å². The smallest absolute Gasteiger partial charge is 0.225 e. The van der Waals surface area contributed by atoms with Gasteiger partial charge in [-0.15, -0.1) is 0 Å². The first-order valence-corrected chi connectivity index (χ1v) is 6.99. The minimum absolute atomic E-state index is 0.296. The summed E-state index contributed by atoms with van der Waals surface area (Å²) in [6.07, 6.45) is 4.47. The van der Waals surface area contributed by atoms with E-state index < -0.39 is 0 Å². The maximum Gasteiger partial charge on any atom is 0.225 e. The highest BCUT2D eigenvalue weighted by atomic mass is 16.2. The Hall–Kier alpha value is -0.610. The number of nitrogens with zero attached hydrogens (tertiary/aromatic N) is 1. The third-order valence-corrected chi connectivity index (χ3v) is 4.82. The van der Waals surface area contributed by atoms with E-state index in [0.29, 0.717) is 17.2 Å². The molecule has 2 N–H and O–H groups in total. The van der Waals surface area contributed by atoms with E-state index >= 15 is 0 Å². The van der Waals surface area contributed by atoms with E-state index in [2.05, 4.69) is 15.5 Å². The van der Waals surface area contributed by atoms with Crippen LogP contribution in [0.2, 0.25) is 0 Å². The second-order valence-corrected chi connectivity index (χ2v) is 5.95. The van der Waals surface area contributed by atoms with Gasteiger partial charge >= 0.3 is 0 Å². The van der Waals surface area contributed by atoms with Gasteiger partial charge < -0.3 is 15.5 Å². The zero-order valence-corrected chi connectivity index (χ0v) is 10.5. The van der Waals surface area contributed by atoms with Crippen LogP contribution in [0, 0.1) is 11.3 Å². The number of hydrogen-bond acceptors (Lipinski definition) is 3. The molecule has 96 valence electrons. The van der Waals surface area contributed by atoms with Crippen LogP contribution in [-0.2, 0) is 4.79 Å². The maximum atomic E-state index is 12.4. The van der Waals surface area contributed by atoms with E-state index in [1.54, 1.807) is 0 Å². The summed E-state index contributed by atoms with van der Waals surface area (Å²) in [5.74, 6) is 0.721. The van der Waals surface area contributed by atoms with Crippen molar-refractivity contribution in [3.8, 4) is 0 Å². The van der Waals surface area contributed by atoms with Gasteiger partial charge in [-0.2, -0.15) is 0 Å². The number of carbonyl (C=O) groups excluding carboxylic acids is 1. The summed E-state index contributed by atoms with van der Waals surface area (Å²) in [6, 6.07) is 0. The average molecular weight is 237 g/mol. The molecule has 0 unspecified atom stereocenters. The molecule has 3 fully saturated rings. The highest BCUT2D eigenvalue weighted by Gasteiger charge is 2.41. The van der Waals surface area contributed by atoms with Crippen molar-refractivity contribution in [1.82, 2.24) is 15.5 Å². The summed E-state index contributed by atoms with van der Waals surface area (Å²) >= 11 is 0. The SMILES string of the molecule is O=C(C1CCNCC1)N1CCC2(CC1)CNC2. The number of carbonyl (C=O) groups is 1. The van der Waals surface area contributed by atoms with Crippen LogP contribution in [0.15, 0.2) is 0 Å². The highest BCUT2D eigenvalue weighted by molar-refractivity contribution is 5.79. The summed E-state index contributed by atoms with van der Waals surface area (Å²) in [6.45, 7) is 6.34. The van der Waals surface area contributed by atoms with Crippen molar-refractivity contribution in [2.45, 2.75) is 25.7 Å². The van der Waals surface area contributed by atoms with Crippen molar-refractivity contribution in [2.24, 2.45) is 11.3 Å². The minimum Gasteiger partial charge on any atom is -0.342 e. The molecule has 0 radical (unpaired) electrons. The number of nitrogens with one attached hydrogen (secondary N) is 2. The largest absolute Gasteiger partial charge is 0.342 e. The number of likely N-dealkylation sites (tertiary alicyclic amines) is 1. The predicted molar refractivity (Wildman–Crippen MR) is 66.7 cm³/mol. The molecule has 3 rings (SSSR count). The number of piperidine rings is 2. The lowest BCUT2D eigenvalue weighted by Gasteiger charge is -2.48. The Morgan fingerprint density at radius 2 is 1.71 bits per heavy atom. The normalized spacial score (nSPS) is 29.1. The van der Waals surface area contributed by atoms with E-state index in [-0.39, 0.29) is 0 Å². The molecular weight excluding hydrogens is 214 g/mol. The molecule has 0 atom stereocenters. The van der Waals surface area contributed by atoms with Crippen molar-refractivity contribution < 1.29 is 4.79 Å². The Labute approximate surface area is 103 Å². The molecule has 4 nitrogen and oxygen atoms in total. The second kappa shape index (κ2) is 4.58. The van der Waals surface area contributed by atoms with E-state index in [9.17, 15) is 4.79 Å². The Morgan fingerprint density at radius 1 is 1.06 bits per heavy atom. The minimum atomic E-state index is 0.296. The van der Waals surface area contributed by atoms with Crippen LogP contribution in [0.3, 0.4) is 0 Å². The third-order valence-electron chi connectivity index (χ3n) is 4.82. The molecule has 0 aromatic heterocycles. The maximum absolute atomic E-state index is 12.4. The lowest BCUT2D eigenvalue weighted by atomic mass is 9.73. The van der Waals surface area contributed by atoms with Gasteiger partial charge in [0.25, 0.3) is 0 Å². The molecule has 3 aliphatic heterocycles. The Bertz CT molecular complexity index is 285. The van der Waals surface area contributed by atoms with Crippen molar-refractivity contribution in [3.05, 3.63) is 0 Å². The Kier molecular flexibility index (Phi) is 3.09. The first kappa shape index (κ1) is 11.5. The molecule has 3 aliphatic rings. The fourth-order valence-electron chi connectivity index (χ4n) is 3.36. The summed E-state index contributed by atoms with van der Waals surface area (Å²) in [5.41, 5.74) is 0.547. The molecule has 0 aromatic rings. The van der Waals surface area contributed by atoms with Crippen LogP contribution in [0.5, 0.6) is 0 Å². The molecule has 3 heterocycles. The zero-order chi connectivity index (χ0) is 11.7. The number of hydrogen-bond donors (Lipinski definition) is 2. The number of rotatable bonds is 1. The standard InChI is InChI=1S/C13H23N3O/c17-12(11-1-5-14-6-2-11)16-7-3-13(4-8-16)9-15-10-13/h11,14-15H,1-10H2. The monoisotopic (exact) mass is 237 g/mol. The summed E-state index contributed by atoms with van der Waals surface area (Å²) < 4.78 is 0. The second-order valence-electron chi connectivity index (χ2n) is 5.95. The molecular formula is C13H23N3O. The fourth-order valence-corrected chi connectivity index (χ4v) is 3.36. The Balaban J connectivity index is 1.53. The molecule has 1 amide bonds. The quantitative estimate of drug-likeness (QED) is 0.685. The molecule has 0 bridgehead atoms. The zero-order valence-electron chi connectivity index (χ0n) is 10.5. The molecule has 1 spiro atoms. The fraction of sp³-hybridized carbons (Fsp3) is 0.923. The van der Waals surface area contributed by atoms with Gasteiger partial charge in [-0.3, -0.25) is 4.79 Å². The van der Waals surface area contributed by atoms with Gasteiger partial charge in [0.05, 0.1) is 0 Å². The lowest BCUT2D eigenvalue weighted by Crippen LogP contribution is -2.59. The van der Waals surface area contributed by atoms with Gasteiger partial charge in [-0.05, 0) is 44.2 Å². The van der Waals surface area contributed by atoms with E-state index in [1.807, 2.05) is 0 Å². The summed E-state index contributed by atoms with van der Waals surface area (Å²) in [7, 11) is 0. The highest BCUT2D eigenvalue weighted by Crippen LogP contribution is 2.35. The van der Waals surface area contributed by atoms with Crippen molar-refractivity contribution in [1.29, 1.82) is 0 Å². The topological polar surface area (TPSA) is 44.4 Å². The molecule has 17 heavy (non-hydrogen) atoms. The molecule has 3 saturated heterocycles. The predicted octanol–water partition coefficient (Wildman–Crippen LogP) is 0.198. The van der Waals surface area contributed by atoms with Crippen molar-refractivity contribution in [3.63, 3.8) is 0 Å². The van der Waals surface area contributed by atoms with Crippen molar-refractivity contribution in [2.75, 3.05) is 39.3 Å². The van der Waals surface area contributed by atoms with Gasteiger partial charge in [0.15, 0.2) is 0 Å². The molecule has 0 saturated carbocycles. The van der Waals surface area contributed by atoms with Crippen molar-refractivity contribution >= 4 is 5.91 Å². The van der Waals surface area contributed by atoms with Crippen LogP contribution < -0.4 is 10.6 Å². The molecule has 0 aliphatic carbocycles. The van der Waals surface area contributed by atoms with Crippen LogP contribution in [0.4, 0.5) is 0 Å². The third kappa shape index (κ3) is 2.20. The summed E-state index contributed by atoms with van der Waals surface area (Å²) in [5, 5.41) is 6.69. The first-order valence-electron chi connectivity index (χ1n) is 6.99. The first-order chi connectivity index (χ1) is 8.29. The van der Waals surface area contributed by atoms with Gasteiger partial charge in [0.1, 0.15) is 0 Å².